The summed E-state index contributed by atoms with van der Waals surface area (Å²) in [4.78, 5) is 0. The van der Waals surface area contributed by atoms with Crippen molar-refractivity contribution in [2.45, 2.75) is 39.2 Å². The molecule has 1 heterocycles. The molecule has 0 aromatic heterocycles. The van der Waals surface area contributed by atoms with E-state index in [0.717, 1.165) is 25.5 Å². The lowest BCUT2D eigenvalue weighted by molar-refractivity contribution is -0.0609. The molecule has 0 atom stereocenters. The van der Waals surface area contributed by atoms with E-state index >= 15 is 0 Å². The van der Waals surface area contributed by atoms with Gasteiger partial charge in [0.2, 0.25) is 0 Å². The third-order valence-electron chi connectivity index (χ3n) is 3.80. The Morgan fingerprint density at radius 3 is 2.47 bits per heavy atom. The minimum atomic E-state index is 0.0629. The monoisotopic (exact) mass is 263 g/mol. The van der Waals surface area contributed by atoms with Crippen molar-refractivity contribution in [3.63, 3.8) is 0 Å². The van der Waals surface area contributed by atoms with Crippen LogP contribution in [0.1, 0.15) is 30.5 Å². The fourth-order valence-corrected chi connectivity index (χ4v) is 2.85. The molecule has 0 amide bonds. The van der Waals surface area contributed by atoms with E-state index in [4.69, 9.17) is 9.47 Å². The van der Waals surface area contributed by atoms with Crippen molar-refractivity contribution in [1.29, 1.82) is 0 Å². The average Bonchev–Trinajstić information content (AvgIpc) is 2.28. The zero-order chi connectivity index (χ0) is 14.0. The minimum absolute atomic E-state index is 0.0629. The van der Waals surface area contributed by atoms with Crippen LogP contribution in [0.3, 0.4) is 0 Å². The number of methoxy groups -OCH3 is 1. The lowest BCUT2D eigenvalue weighted by Crippen LogP contribution is -2.55. The molecule has 0 spiro atoms. The van der Waals surface area contributed by atoms with E-state index in [1.54, 1.807) is 7.11 Å². The van der Waals surface area contributed by atoms with Crippen molar-refractivity contribution < 1.29 is 9.47 Å². The Hall–Kier alpha value is -1.06. The first-order valence-corrected chi connectivity index (χ1v) is 6.95. The van der Waals surface area contributed by atoms with Crippen LogP contribution < -0.4 is 10.1 Å². The van der Waals surface area contributed by atoms with E-state index in [9.17, 15) is 0 Å². The molecule has 106 valence electrons. The number of ether oxygens (including phenoxy) is 2. The zero-order valence-electron chi connectivity index (χ0n) is 12.7. The summed E-state index contributed by atoms with van der Waals surface area (Å²) in [6.07, 6.45) is 0. The molecule has 0 aliphatic carbocycles. The van der Waals surface area contributed by atoms with E-state index in [1.807, 2.05) is 0 Å². The quantitative estimate of drug-likeness (QED) is 0.885. The highest BCUT2D eigenvalue weighted by Crippen LogP contribution is 2.40. The molecule has 1 aliphatic rings. The smallest absolute Gasteiger partial charge is 0.123 e. The molecule has 3 nitrogen and oxygen atoms in total. The molecule has 1 N–H and O–H groups in total. The number of hydrogen-bond donors (Lipinski definition) is 1. The summed E-state index contributed by atoms with van der Waals surface area (Å²) in [6.45, 7) is 11.1. The molecule has 0 radical (unpaired) electrons. The lowest BCUT2D eigenvalue weighted by atomic mass is 9.75. The van der Waals surface area contributed by atoms with Gasteiger partial charge < -0.3 is 14.8 Å². The summed E-state index contributed by atoms with van der Waals surface area (Å²) in [5.74, 6) is 0.992. The van der Waals surface area contributed by atoms with Crippen molar-refractivity contribution in [1.82, 2.24) is 5.32 Å². The Balaban J connectivity index is 2.37. The van der Waals surface area contributed by atoms with Crippen LogP contribution in [0.4, 0.5) is 0 Å². The average molecular weight is 263 g/mol. The van der Waals surface area contributed by atoms with Crippen LogP contribution >= 0.6 is 0 Å². The van der Waals surface area contributed by atoms with Crippen LogP contribution in [0, 0.1) is 13.8 Å². The summed E-state index contributed by atoms with van der Waals surface area (Å²) in [7, 11) is 1.75. The lowest BCUT2D eigenvalue weighted by Gasteiger charge is -2.44. The molecule has 1 aromatic carbocycles. The normalized spacial score (nSPS) is 17.4. The van der Waals surface area contributed by atoms with Gasteiger partial charge in [-0.3, -0.25) is 0 Å². The predicted molar refractivity (Wildman–Crippen MR) is 78.1 cm³/mol. The summed E-state index contributed by atoms with van der Waals surface area (Å²) >= 11 is 0. The van der Waals surface area contributed by atoms with Crippen molar-refractivity contribution in [2.24, 2.45) is 0 Å². The Bertz CT molecular complexity index is 450. The second kappa shape index (κ2) is 5.51. The molecule has 2 rings (SSSR count). The molecule has 0 unspecified atom stereocenters. The molecule has 3 heteroatoms. The number of rotatable bonds is 5. The largest absolute Gasteiger partial charge is 0.496 e. The molecule has 1 aliphatic heterocycles. The van der Waals surface area contributed by atoms with Crippen molar-refractivity contribution >= 4 is 0 Å². The van der Waals surface area contributed by atoms with Gasteiger partial charge in [-0.15, -0.1) is 0 Å². The molecular formula is C16H25NO2. The highest BCUT2D eigenvalue weighted by Gasteiger charge is 2.43. The van der Waals surface area contributed by atoms with Crippen LogP contribution in [0.15, 0.2) is 12.1 Å². The van der Waals surface area contributed by atoms with Crippen LogP contribution in [-0.2, 0) is 10.2 Å². The number of nitrogens with one attached hydrogen (secondary N) is 1. The van der Waals surface area contributed by atoms with E-state index in [1.165, 1.54) is 16.7 Å². The van der Waals surface area contributed by atoms with Gasteiger partial charge in [0.25, 0.3) is 0 Å². The standard InChI is InChI=1S/C16H25NO2/c1-11(2)17-8-16(9-19-10-16)15-13(4)6-12(3)7-14(15)18-5/h6-7,11,17H,8-10H2,1-5H3. The van der Waals surface area contributed by atoms with E-state index in [0.29, 0.717) is 6.04 Å². The van der Waals surface area contributed by atoms with Gasteiger partial charge in [-0.2, -0.15) is 0 Å². The van der Waals surface area contributed by atoms with Gasteiger partial charge in [0.05, 0.1) is 25.7 Å². The topological polar surface area (TPSA) is 30.5 Å². The first kappa shape index (κ1) is 14.4. The van der Waals surface area contributed by atoms with Crippen LogP contribution in [0.5, 0.6) is 5.75 Å². The second-order valence-electron chi connectivity index (χ2n) is 5.97. The fourth-order valence-electron chi connectivity index (χ4n) is 2.85. The van der Waals surface area contributed by atoms with E-state index in [2.05, 4.69) is 45.1 Å². The fraction of sp³-hybridized carbons (Fsp3) is 0.625. The molecular weight excluding hydrogens is 238 g/mol. The Labute approximate surface area is 116 Å². The third-order valence-corrected chi connectivity index (χ3v) is 3.80. The number of benzene rings is 1. The zero-order valence-corrected chi connectivity index (χ0v) is 12.7. The summed E-state index contributed by atoms with van der Waals surface area (Å²) < 4.78 is 11.1. The van der Waals surface area contributed by atoms with Crippen molar-refractivity contribution in [3.8, 4) is 5.75 Å². The van der Waals surface area contributed by atoms with E-state index in [-0.39, 0.29) is 5.41 Å². The molecule has 1 fully saturated rings. The highest BCUT2D eigenvalue weighted by atomic mass is 16.5. The second-order valence-corrected chi connectivity index (χ2v) is 5.97. The third kappa shape index (κ3) is 2.77. The van der Waals surface area contributed by atoms with Crippen molar-refractivity contribution in [2.75, 3.05) is 26.9 Å². The van der Waals surface area contributed by atoms with Crippen LogP contribution in [0.2, 0.25) is 0 Å². The van der Waals surface area contributed by atoms with Gasteiger partial charge >= 0.3 is 0 Å². The maximum atomic E-state index is 5.61. The van der Waals surface area contributed by atoms with Crippen LogP contribution in [-0.4, -0.2) is 32.9 Å². The first-order chi connectivity index (χ1) is 8.98. The van der Waals surface area contributed by atoms with Crippen molar-refractivity contribution in [3.05, 3.63) is 28.8 Å². The Morgan fingerprint density at radius 2 is 2.00 bits per heavy atom. The molecule has 0 saturated carbocycles. The Kier molecular flexibility index (Phi) is 4.16. The summed E-state index contributed by atoms with van der Waals surface area (Å²) in [6, 6.07) is 4.83. The van der Waals surface area contributed by atoms with Gasteiger partial charge in [0.1, 0.15) is 5.75 Å². The predicted octanol–water partition coefficient (Wildman–Crippen LogP) is 2.58. The first-order valence-electron chi connectivity index (χ1n) is 6.95. The van der Waals surface area contributed by atoms with Gasteiger partial charge in [0.15, 0.2) is 0 Å². The maximum Gasteiger partial charge on any atom is 0.123 e. The molecule has 19 heavy (non-hydrogen) atoms. The number of aryl methyl sites for hydroxylation is 2. The summed E-state index contributed by atoms with van der Waals surface area (Å²) in [5, 5.41) is 3.54. The van der Waals surface area contributed by atoms with Gasteiger partial charge in [-0.1, -0.05) is 19.9 Å². The van der Waals surface area contributed by atoms with Gasteiger partial charge in [0, 0.05) is 18.2 Å². The SMILES string of the molecule is COc1cc(C)cc(C)c1C1(CNC(C)C)COC1. The minimum Gasteiger partial charge on any atom is -0.496 e. The summed E-state index contributed by atoms with van der Waals surface area (Å²) in [5.41, 5.74) is 3.91. The highest BCUT2D eigenvalue weighted by molar-refractivity contribution is 5.49. The Morgan fingerprint density at radius 1 is 1.32 bits per heavy atom. The molecule has 1 saturated heterocycles. The molecule has 0 bridgehead atoms. The van der Waals surface area contributed by atoms with E-state index < -0.39 is 0 Å². The van der Waals surface area contributed by atoms with Crippen LogP contribution in [0.25, 0.3) is 0 Å². The maximum absolute atomic E-state index is 5.61. The van der Waals surface area contributed by atoms with Gasteiger partial charge in [-0.25, -0.2) is 0 Å². The van der Waals surface area contributed by atoms with Gasteiger partial charge in [-0.05, 0) is 31.0 Å². The number of hydrogen-bond acceptors (Lipinski definition) is 3. The molecule has 1 aromatic rings.